The van der Waals surface area contributed by atoms with Crippen molar-refractivity contribution in [2.75, 3.05) is 5.43 Å². The van der Waals surface area contributed by atoms with Crippen molar-refractivity contribution in [2.45, 2.75) is 0 Å². The number of fused-ring (bicyclic) bond motifs is 2. The average Bonchev–Trinajstić information content (AvgIpc) is 2.67. The number of para-hydroxylation sites is 1. The summed E-state index contributed by atoms with van der Waals surface area (Å²) in [5.74, 6) is -0.0493. The maximum Gasteiger partial charge on any atom is 0.295 e. The molecule has 7 nitrogen and oxygen atoms in total. The van der Waals surface area contributed by atoms with Crippen LogP contribution in [0.1, 0.15) is 5.56 Å². The quantitative estimate of drug-likeness (QED) is 0.301. The Morgan fingerprint density at radius 2 is 1.73 bits per heavy atom. The number of hydrogen-bond acceptors (Lipinski definition) is 6. The van der Waals surface area contributed by atoms with E-state index < -0.39 is 5.56 Å². The van der Waals surface area contributed by atoms with Crippen LogP contribution in [-0.4, -0.2) is 26.2 Å². The van der Waals surface area contributed by atoms with Crippen molar-refractivity contribution < 1.29 is 10.3 Å². The highest BCUT2D eigenvalue weighted by Crippen LogP contribution is 2.25. The van der Waals surface area contributed by atoms with Crippen molar-refractivity contribution in [2.24, 2.45) is 5.10 Å². The van der Waals surface area contributed by atoms with Gasteiger partial charge in [0.15, 0.2) is 0 Å². The van der Waals surface area contributed by atoms with Gasteiger partial charge in [0, 0.05) is 5.56 Å². The molecule has 0 aliphatic heterocycles. The zero-order valence-electron chi connectivity index (χ0n) is 13.5. The molecule has 26 heavy (non-hydrogen) atoms. The predicted molar refractivity (Wildman–Crippen MR) is 100 cm³/mol. The van der Waals surface area contributed by atoms with Gasteiger partial charge < -0.3 is 10.3 Å². The second-order valence-corrected chi connectivity index (χ2v) is 5.66. The van der Waals surface area contributed by atoms with E-state index in [1.165, 1.54) is 6.21 Å². The highest BCUT2D eigenvalue weighted by atomic mass is 16.5. The van der Waals surface area contributed by atoms with Crippen molar-refractivity contribution >= 4 is 33.8 Å². The van der Waals surface area contributed by atoms with Gasteiger partial charge in [0.2, 0.25) is 0 Å². The van der Waals surface area contributed by atoms with Crippen LogP contribution in [0.15, 0.2) is 70.6 Å². The summed E-state index contributed by atoms with van der Waals surface area (Å²) in [6.07, 6.45) is 1.42. The van der Waals surface area contributed by atoms with E-state index in [0.29, 0.717) is 21.2 Å². The number of nitrogens with zero attached hydrogens (tertiary/aromatic N) is 3. The number of hydrazone groups is 1. The van der Waals surface area contributed by atoms with Crippen LogP contribution in [0.2, 0.25) is 0 Å². The van der Waals surface area contributed by atoms with Crippen LogP contribution in [0.3, 0.4) is 0 Å². The monoisotopic (exact) mass is 346 g/mol. The highest BCUT2D eigenvalue weighted by molar-refractivity contribution is 6.02. The van der Waals surface area contributed by atoms with Crippen LogP contribution in [0.25, 0.3) is 21.7 Å². The Balaban J connectivity index is 1.72. The Labute approximate surface area is 147 Å². The molecule has 4 rings (SSSR count). The van der Waals surface area contributed by atoms with Gasteiger partial charge in [-0.05, 0) is 29.0 Å². The fraction of sp³-hybridized carbons (Fsp3) is 0. The molecule has 7 heteroatoms. The number of benzene rings is 3. The second-order valence-electron chi connectivity index (χ2n) is 5.66. The molecule has 0 bridgehead atoms. The van der Waals surface area contributed by atoms with Crippen LogP contribution < -0.4 is 11.0 Å². The average molecular weight is 346 g/mol. The first-order valence-electron chi connectivity index (χ1n) is 7.86. The van der Waals surface area contributed by atoms with Crippen molar-refractivity contribution in [3.8, 4) is 5.75 Å². The Bertz CT molecular complexity index is 1210. The van der Waals surface area contributed by atoms with E-state index >= 15 is 0 Å². The lowest BCUT2D eigenvalue weighted by molar-refractivity contribution is 0.179. The highest BCUT2D eigenvalue weighted by Gasteiger charge is 2.09. The van der Waals surface area contributed by atoms with Crippen LogP contribution in [0, 0.1) is 0 Å². The van der Waals surface area contributed by atoms with E-state index in [2.05, 4.69) is 15.5 Å². The van der Waals surface area contributed by atoms with Gasteiger partial charge in [0.1, 0.15) is 5.75 Å². The van der Waals surface area contributed by atoms with Crippen LogP contribution in [0.5, 0.6) is 5.75 Å². The molecule has 0 radical (unpaired) electrons. The summed E-state index contributed by atoms with van der Waals surface area (Å²) in [7, 11) is 0. The van der Waals surface area contributed by atoms with E-state index in [4.69, 9.17) is 0 Å². The van der Waals surface area contributed by atoms with Crippen LogP contribution >= 0.6 is 0 Å². The molecule has 1 heterocycles. The molecule has 4 aromatic rings. The van der Waals surface area contributed by atoms with Gasteiger partial charge in [-0.15, -0.1) is 4.73 Å². The smallest absolute Gasteiger partial charge is 0.295 e. The third kappa shape index (κ3) is 2.61. The first kappa shape index (κ1) is 15.6. The van der Waals surface area contributed by atoms with Crippen molar-refractivity contribution in [1.82, 2.24) is 9.71 Å². The molecule has 0 saturated heterocycles. The summed E-state index contributed by atoms with van der Waals surface area (Å²) < 4.78 is 0.405. The van der Waals surface area contributed by atoms with Crippen molar-refractivity contribution in [1.29, 1.82) is 0 Å². The number of aromatic nitrogens is 2. The molecule has 0 fully saturated rings. The van der Waals surface area contributed by atoms with Crippen molar-refractivity contribution in [3.05, 3.63) is 76.6 Å². The minimum Gasteiger partial charge on any atom is -0.507 e. The van der Waals surface area contributed by atoms with Crippen LogP contribution in [0.4, 0.5) is 5.95 Å². The fourth-order valence-corrected chi connectivity index (χ4v) is 2.77. The molecule has 3 N–H and O–H groups in total. The maximum absolute atomic E-state index is 12.2. The molecule has 1 aromatic heterocycles. The van der Waals surface area contributed by atoms with Gasteiger partial charge in [0.05, 0.1) is 17.1 Å². The lowest BCUT2D eigenvalue weighted by Crippen LogP contribution is -2.22. The largest absolute Gasteiger partial charge is 0.507 e. The Morgan fingerprint density at radius 1 is 1.00 bits per heavy atom. The second kappa shape index (κ2) is 6.21. The van der Waals surface area contributed by atoms with E-state index in [0.717, 1.165) is 10.8 Å². The van der Waals surface area contributed by atoms with Gasteiger partial charge in [-0.2, -0.15) is 5.10 Å². The number of aromatic hydroxyl groups is 1. The van der Waals surface area contributed by atoms with E-state index in [1.807, 2.05) is 30.3 Å². The van der Waals surface area contributed by atoms with Gasteiger partial charge in [-0.1, -0.05) is 42.5 Å². The standard InChI is InChI=1S/C19H14N4O3/c24-17-10-9-12-5-1-2-6-13(12)15(17)11-20-22-19-21-16-8-4-3-7-14(16)18(25)23(19)26/h1-11,24,26H,(H,21,22). The molecule has 0 aliphatic rings. The van der Waals surface area contributed by atoms with E-state index in [1.54, 1.807) is 30.3 Å². The zero-order chi connectivity index (χ0) is 18.1. The molecular weight excluding hydrogens is 332 g/mol. The zero-order valence-corrected chi connectivity index (χ0v) is 13.5. The van der Waals surface area contributed by atoms with E-state index in [-0.39, 0.29) is 11.7 Å². The molecule has 3 aromatic carbocycles. The number of hydrogen-bond donors (Lipinski definition) is 3. The molecule has 0 atom stereocenters. The lowest BCUT2D eigenvalue weighted by atomic mass is 10.0. The minimum atomic E-state index is -0.596. The first-order valence-corrected chi connectivity index (χ1v) is 7.86. The van der Waals surface area contributed by atoms with Crippen LogP contribution in [-0.2, 0) is 0 Å². The summed E-state index contributed by atoms with van der Waals surface area (Å²) in [5.41, 5.74) is 2.91. The minimum absolute atomic E-state index is 0.0714. The van der Waals surface area contributed by atoms with E-state index in [9.17, 15) is 15.1 Å². The normalized spacial score (nSPS) is 11.4. The third-order valence-corrected chi connectivity index (χ3v) is 4.06. The molecule has 0 amide bonds. The Kier molecular flexibility index (Phi) is 3.74. The number of rotatable bonds is 3. The van der Waals surface area contributed by atoms with Crippen molar-refractivity contribution in [3.63, 3.8) is 0 Å². The predicted octanol–water partition coefficient (Wildman–Crippen LogP) is 2.94. The first-order chi connectivity index (χ1) is 12.6. The maximum atomic E-state index is 12.2. The third-order valence-electron chi connectivity index (χ3n) is 4.06. The molecule has 0 spiro atoms. The lowest BCUT2D eigenvalue weighted by Gasteiger charge is -2.07. The number of nitrogens with one attached hydrogen (secondary N) is 1. The summed E-state index contributed by atoms with van der Waals surface area (Å²) in [6.45, 7) is 0. The van der Waals surface area contributed by atoms with Gasteiger partial charge in [-0.25, -0.2) is 10.4 Å². The molecule has 0 saturated carbocycles. The summed E-state index contributed by atoms with van der Waals surface area (Å²) in [5, 5.41) is 26.2. The Morgan fingerprint density at radius 3 is 2.58 bits per heavy atom. The molecular formula is C19H14N4O3. The summed E-state index contributed by atoms with van der Waals surface area (Å²) >= 11 is 0. The topological polar surface area (TPSA) is 99.7 Å². The molecule has 128 valence electrons. The van der Waals surface area contributed by atoms with Gasteiger partial charge >= 0.3 is 0 Å². The summed E-state index contributed by atoms with van der Waals surface area (Å²) in [4.78, 5) is 16.3. The van der Waals surface area contributed by atoms with Gasteiger partial charge in [0.25, 0.3) is 11.5 Å². The number of phenolic OH excluding ortho intramolecular Hbond substituents is 1. The number of phenols is 1. The molecule has 0 unspecified atom stereocenters. The summed E-state index contributed by atoms with van der Waals surface area (Å²) in [6, 6.07) is 17.7. The fourth-order valence-electron chi connectivity index (χ4n) is 2.77. The molecule has 0 aliphatic carbocycles. The number of anilines is 1. The van der Waals surface area contributed by atoms with Gasteiger partial charge in [-0.3, -0.25) is 4.79 Å². The Hall–Kier alpha value is -3.87. The SMILES string of the molecule is O=c1c2ccccc2nc(NN=Cc2c(O)ccc3ccccc23)n1O.